The summed E-state index contributed by atoms with van der Waals surface area (Å²) in [4.78, 5) is 19.4. The van der Waals surface area contributed by atoms with Crippen LogP contribution in [0.2, 0.25) is 0 Å². The number of piperidine rings is 1. The maximum Gasteiger partial charge on any atom is 0.262 e. The molecule has 2 heterocycles. The van der Waals surface area contributed by atoms with E-state index in [0.29, 0.717) is 11.4 Å². The van der Waals surface area contributed by atoms with Gasteiger partial charge in [0.25, 0.3) is 5.56 Å². The molecule has 3 rings (SSSR count). The molecule has 1 fully saturated rings. The highest BCUT2D eigenvalue weighted by Crippen LogP contribution is 2.28. The second kappa shape index (κ2) is 5.69. The zero-order valence-electron chi connectivity index (χ0n) is 12.0. The molecule has 0 aliphatic carbocycles. The van der Waals surface area contributed by atoms with E-state index in [1.165, 1.54) is 0 Å². The lowest BCUT2D eigenvalue weighted by Gasteiger charge is -2.22. The molecule has 21 heavy (non-hydrogen) atoms. The molecule has 1 aromatic carbocycles. The van der Waals surface area contributed by atoms with Crippen molar-refractivity contribution in [3.63, 3.8) is 0 Å². The first-order valence-electron chi connectivity index (χ1n) is 7.29. The molecule has 3 N–H and O–H groups in total. The van der Waals surface area contributed by atoms with Crippen LogP contribution in [0.3, 0.4) is 0 Å². The summed E-state index contributed by atoms with van der Waals surface area (Å²) in [5.74, 6) is 0.324. The monoisotopic (exact) mass is 285 g/mol. The quantitative estimate of drug-likeness (QED) is 0.791. The molecule has 5 heteroatoms. The Hall–Kier alpha value is -2.14. The van der Waals surface area contributed by atoms with Crippen LogP contribution in [0.15, 0.2) is 29.1 Å². The Kier molecular flexibility index (Phi) is 3.75. The molecule has 0 radical (unpaired) electrons. The van der Waals surface area contributed by atoms with Gasteiger partial charge in [0.2, 0.25) is 5.88 Å². The summed E-state index contributed by atoms with van der Waals surface area (Å²) in [5.41, 5.74) is 1.60. The first-order valence-corrected chi connectivity index (χ1v) is 7.29. The van der Waals surface area contributed by atoms with E-state index in [-0.39, 0.29) is 23.0 Å². The fourth-order valence-electron chi connectivity index (χ4n) is 2.82. The number of benzene rings is 1. The Morgan fingerprint density at radius 2 is 2.10 bits per heavy atom. The molecule has 0 saturated carbocycles. The van der Waals surface area contributed by atoms with Gasteiger partial charge < -0.3 is 15.4 Å². The molecule has 110 valence electrons. The third-order valence-corrected chi connectivity index (χ3v) is 3.97. The average molecular weight is 285 g/mol. The SMILES string of the molecule is Cc1ccccc1-c1c(O)nc(C2CCCCN2)[nH]c1=O. The van der Waals surface area contributed by atoms with E-state index >= 15 is 0 Å². The molecule has 0 bridgehead atoms. The second-order valence-electron chi connectivity index (χ2n) is 5.47. The van der Waals surface area contributed by atoms with Gasteiger partial charge in [-0.05, 0) is 37.4 Å². The van der Waals surface area contributed by atoms with Crippen LogP contribution in [0, 0.1) is 6.92 Å². The molecule has 1 aliphatic rings. The van der Waals surface area contributed by atoms with Crippen LogP contribution in [0.1, 0.15) is 36.7 Å². The summed E-state index contributed by atoms with van der Waals surface area (Å²) >= 11 is 0. The standard InChI is InChI=1S/C16H19N3O2/c1-10-6-2-3-7-11(10)13-15(20)18-14(19-16(13)21)12-8-4-5-9-17-12/h2-3,6-7,12,17H,4-5,8-9H2,1H3,(H2,18,19,20,21). The number of H-pyrrole nitrogens is 1. The highest BCUT2D eigenvalue weighted by atomic mass is 16.3. The van der Waals surface area contributed by atoms with Crippen LogP contribution in [0.4, 0.5) is 0 Å². The van der Waals surface area contributed by atoms with Gasteiger partial charge in [0, 0.05) is 0 Å². The van der Waals surface area contributed by atoms with Crippen LogP contribution in [0.25, 0.3) is 11.1 Å². The maximum absolute atomic E-state index is 12.4. The van der Waals surface area contributed by atoms with E-state index in [9.17, 15) is 9.90 Å². The minimum absolute atomic E-state index is 0.0169. The van der Waals surface area contributed by atoms with Gasteiger partial charge in [-0.2, -0.15) is 4.98 Å². The topological polar surface area (TPSA) is 78.0 Å². The van der Waals surface area contributed by atoms with E-state index in [1.807, 2.05) is 31.2 Å². The van der Waals surface area contributed by atoms with Crippen molar-refractivity contribution < 1.29 is 5.11 Å². The second-order valence-corrected chi connectivity index (χ2v) is 5.47. The number of nitrogens with zero attached hydrogens (tertiary/aromatic N) is 1. The van der Waals surface area contributed by atoms with Crippen molar-refractivity contribution in [3.05, 3.63) is 46.0 Å². The summed E-state index contributed by atoms with van der Waals surface area (Å²) in [7, 11) is 0. The van der Waals surface area contributed by atoms with Crippen LogP contribution >= 0.6 is 0 Å². The van der Waals surface area contributed by atoms with Gasteiger partial charge in [0.05, 0.1) is 6.04 Å². The number of aromatic hydroxyl groups is 1. The van der Waals surface area contributed by atoms with Gasteiger partial charge in [-0.15, -0.1) is 0 Å². The minimum atomic E-state index is -0.292. The molecule has 2 aromatic rings. The molecule has 0 amide bonds. The van der Waals surface area contributed by atoms with Crippen molar-refractivity contribution in [3.8, 4) is 17.0 Å². The van der Waals surface area contributed by atoms with Crippen LogP contribution in [-0.2, 0) is 0 Å². The number of aromatic nitrogens is 2. The largest absolute Gasteiger partial charge is 0.493 e. The van der Waals surface area contributed by atoms with E-state index in [2.05, 4.69) is 15.3 Å². The lowest BCUT2D eigenvalue weighted by molar-refractivity contribution is 0.385. The molecule has 1 aromatic heterocycles. The molecule has 1 atom stereocenters. The number of aryl methyl sites for hydroxylation is 1. The van der Waals surface area contributed by atoms with Crippen molar-refractivity contribution in [2.24, 2.45) is 0 Å². The van der Waals surface area contributed by atoms with Gasteiger partial charge in [0.1, 0.15) is 11.4 Å². The van der Waals surface area contributed by atoms with Gasteiger partial charge in [0.15, 0.2) is 0 Å². The van der Waals surface area contributed by atoms with Gasteiger partial charge >= 0.3 is 0 Å². The van der Waals surface area contributed by atoms with Crippen LogP contribution < -0.4 is 10.9 Å². The lowest BCUT2D eigenvalue weighted by atomic mass is 10.0. The number of rotatable bonds is 2. The third-order valence-electron chi connectivity index (χ3n) is 3.97. The van der Waals surface area contributed by atoms with Crippen LogP contribution in [0.5, 0.6) is 5.88 Å². The Balaban J connectivity index is 2.05. The van der Waals surface area contributed by atoms with Crippen molar-refractivity contribution in [2.75, 3.05) is 6.54 Å². The normalized spacial score (nSPS) is 18.6. The smallest absolute Gasteiger partial charge is 0.262 e. The molecule has 1 unspecified atom stereocenters. The van der Waals surface area contributed by atoms with Gasteiger partial charge in [-0.3, -0.25) is 4.79 Å². The number of hydrogen-bond acceptors (Lipinski definition) is 4. The zero-order valence-corrected chi connectivity index (χ0v) is 12.0. The highest BCUT2D eigenvalue weighted by molar-refractivity contribution is 5.70. The molecule has 0 spiro atoms. The first kappa shape index (κ1) is 13.8. The van der Waals surface area contributed by atoms with Crippen molar-refractivity contribution in [1.82, 2.24) is 15.3 Å². The Bertz CT molecular complexity index is 703. The average Bonchev–Trinajstić information content (AvgIpc) is 2.49. The summed E-state index contributed by atoms with van der Waals surface area (Å²) in [5, 5.41) is 13.5. The third kappa shape index (κ3) is 2.69. The summed E-state index contributed by atoms with van der Waals surface area (Å²) < 4.78 is 0. The van der Waals surface area contributed by atoms with Gasteiger partial charge in [-0.1, -0.05) is 30.7 Å². The van der Waals surface area contributed by atoms with Gasteiger partial charge in [-0.25, -0.2) is 0 Å². The van der Waals surface area contributed by atoms with Crippen LogP contribution in [-0.4, -0.2) is 21.6 Å². The number of hydrogen-bond donors (Lipinski definition) is 3. The highest BCUT2D eigenvalue weighted by Gasteiger charge is 2.21. The fourth-order valence-corrected chi connectivity index (χ4v) is 2.82. The van der Waals surface area contributed by atoms with E-state index < -0.39 is 0 Å². The maximum atomic E-state index is 12.4. The summed E-state index contributed by atoms with van der Waals surface area (Å²) in [6.07, 6.45) is 3.15. The Labute approximate surface area is 123 Å². The van der Waals surface area contributed by atoms with E-state index in [4.69, 9.17) is 0 Å². The van der Waals surface area contributed by atoms with Crippen molar-refractivity contribution in [1.29, 1.82) is 0 Å². The van der Waals surface area contributed by atoms with Crippen molar-refractivity contribution in [2.45, 2.75) is 32.2 Å². The van der Waals surface area contributed by atoms with Crippen molar-refractivity contribution >= 4 is 0 Å². The Morgan fingerprint density at radius 1 is 1.29 bits per heavy atom. The molecular formula is C16H19N3O2. The number of aromatic amines is 1. The Morgan fingerprint density at radius 3 is 2.76 bits per heavy atom. The fraction of sp³-hybridized carbons (Fsp3) is 0.375. The zero-order chi connectivity index (χ0) is 14.8. The molecular weight excluding hydrogens is 266 g/mol. The summed E-state index contributed by atoms with van der Waals surface area (Å²) in [6.45, 7) is 2.82. The lowest BCUT2D eigenvalue weighted by Crippen LogP contribution is -2.30. The molecule has 1 aliphatic heterocycles. The first-order chi connectivity index (χ1) is 10.2. The number of nitrogens with one attached hydrogen (secondary N) is 2. The summed E-state index contributed by atoms with van der Waals surface area (Å²) in [6, 6.07) is 7.49. The molecule has 1 saturated heterocycles. The van der Waals surface area contributed by atoms with E-state index in [1.54, 1.807) is 0 Å². The minimum Gasteiger partial charge on any atom is -0.493 e. The van der Waals surface area contributed by atoms with E-state index in [0.717, 1.165) is 31.4 Å². The molecule has 5 nitrogen and oxygen atoms in total. The predicted molar refractivity (Wildman–Crippen MR) is 81.3 cm³/mol. The predicted octanol–water partition coefficient (Wildman–Crippen LogP) is 2.27.